The van der Waals surface area contributed by atoms with Crippen molar-refractivity contribution in [3.05, 3.63) is 66.0 Å². The summed E-state index contributed by atoms with van der Waals surface area (Å²) >= 11 is 0. The fraction of sp³-hybridized carbons (Fsp3) is 0.133. The van der Waals surface area contributed by atoms with Gasteiger partial charge in [0.1, 0.15) is 11.9 Å². The molecule has 1 N–H and O–H groups in total. The molecule has 0 heterocycles. The second kappa shape index (κ2) is 5.44. The summed E-state index contributed by atoms with van der Waals surface area (Å²) in [6.45, 7) is 0. The highest BCUT2D eigenvalue weighted by molar-refractivity contribution is 5.52. The molecule has 0 spiro atoms. The summed E-state index contributed by atoms with van der Waals surface area (Å²) in [5, 5.41) is 11.3. The Morgan fingerprint density at radius 2 is 1.48 bits per heavy atom. The Bertz CT molecular complexity index is 644. The summed E-state index contributed by atoms with van der Waals surface area (Å²) in [5.74, 6) is -0.574. The summed E-state index contributed by atoms with van der Waals surface area (Å²) in [6.07, 6.45) is -4.85. The largest absolute Gasteiger partial charge is 0.429 e. The third kappa shape index (κ3) is 2.82. The van der Waals surface area contributed by atoms with E-state index in [1.807, 2.05) is 0 Å². The van der Waals surface area contributed by atoms with Crippen molar-refractivity contribution in [3.63, 3.8) is 0 Å². The highest BCUT2D eigenvalue weighted by Crippen LogP contribution is 2.41. The number of benzene rings is 2. The highest BCUT2D eigenvalue weighted by atomic mass is 19.4. The third-order valence-electron chi connectivity index (χ3n) is 2.98. The molecule has 2 rings (SSSR count). The minimum atomic E-state index is -4.85. The van der Waals surface area contributed by atoms with Gasteiger partial charge in [-0.3, -0.25) is 0 Å². The number of hydrogen-bond acceptors (Lipinski definition) is 2. The van der Waals surface area contributed by atoms with E-state index in [1.54, 1.807) is 6.07 Å². The van der Waals surface area contributed by atoms with Gasteiger partial charge in [-0.1, -0.05) is 30.3 Å². The van der Waals surface area contributed by atoms with E-state index >= 15 is 0 Å². The molecule has 0 amide bonds. The van der Waals surface area contributed by atoms with Crippen molar-refractivity contribution < 1.29 is 17.6 Å². The molecular weight excluding hydrogens is 284 g/mol. The van der Waals surface area contributed by atoms with Crippen LogP contribution >= 0.6 is 0 Å². The molecule has 0 saturated carbocycles. The van der Waals surface area contributed by atoms with Crippen molar-refractivity contribution >= 4 is 5.69 Å². The zero-order chi connectivity index (χ0) is 15.5. The van der Waals surface area contributed by atoms with Crippen molar-refractivity contribution in [1.29, 1.82) is 5.26 Å². The van der Waals surface area contributed by atoms with E-state index in [9.17, 15) is 22.8 Å². The molecule has 0 unspecified atom stereocenters. The lowest BCUT2D eigenvalue weighted by molar-refractivity contribution is -0.165. The van der Waals surface area contributed by atoms with Gasteiger partial charge in [-0.15, -0.1) is 0 Å². The van der Waals surface area contributed by atoms with E-state index in [0.29, 0.717) is 0 Å². The third-order valence-corrected chi connectivity index (χ3v) is 2.98. The highest BCUT2D eigenvalue weighted by Gasteiger charge is 2.57. The lowest BCUT2D eigenvalue weighted by Crippen LogP contribution is -2.47. The van der Waals surface area contributed by atoms with Crippen molar-refractivity contribution in [1.82, 2.24) is 0 Å². The molecule has 0 aliphatic rings. The maximum atomic E-state index is 13.5. The number of nitrogens with zero attached hydrogens (tertiary/aromatic N) is 1. The topological polar surface area (TPSA) is 35.8 Å². The molecule has 2 nitrogen and oxygen atoms in total. The molecule has 2 aromatic carbocycles. The van der Waals surface area contributed by atoms with Gasteiger partial charge in [-0.25, -0.2) is 4.39 Å². The molecular formula is C15H10F4N2. The van der Waals surface area contributed by atoms with E-state index in [1.165, 1.54) is 30.3 Å². The van der Waals surface area contributed by atoms with Gasteiger partial charge in [0.2, 0.25) is 5.54 Å². The van der Waals surface area contributed by atoms with Gasteiger partial charge >= 0.3 is 6.18 Å². The van der Waals surface area contributed by atoms with Crippen molar-refractivity contribution in [2.24, 2.45) is 0 Å². The molecule has 2 aromatic rings. The van der Waals surface area contributed by atoms with Crippen LogP contribution in [0.25, 0.3) is 0 Å². The molecule has 0 radical (unpaired) electrons. The standard InChI is InChI=1S/C15H10F4N2/c16-12-6-8-13(9-7-12)21-14(10-20,15(17,18)19)11-4-2-1-3-5-11/h1-9,21H/t14-/m1/s1. The Balaban J connectivity index is 2.52. The first-order chi connectivity index (χ1) is 9.89. The first kappa shape index (κ1) is 14.9. The van der Waals surface area contributed by atoms with Gasteiger partial charge in [0.25, 0.3) is 0 Å². The molecule has 0 saturated heterocycles. The van der Waals surface area contributed by atoms with Crippen LogP contribution in [0.15, 0.2) is 54.6 Å². The van der Waals surface area contributed by atoms with Gasteiger partial charge in [-0.05, 0) is 24.3 Å². The molecule has 21 heavy (non-hydrogen) atoms. The second-order valence-corrected chi connectivity index (χ2v) is 4.36. The van der Waals surface area contributed by atoms with Crippen LogP contribution in [0, 0.1) is 17.1 Å². The first-order valence-electron chi connectivity index (χ1n) is 5.96. The first-order valence-corrected chi connectivity index (χ1v) is 5.96. The number of hydrogen-bond donors (Lipinski definition) is 1. The molecule has 0 bridgehead atoms. The van der Waals surface area contributed by atoms with Crippen LogP contribution < -0.4 is 5.32 Å². The average molecular weight is 294 g/mol. The quantitative estimate of drug-likeness (QED) is 0.860. The van der Waals surface area contributed by atoms with Crippen LogP contribution in [-0.4, -0.2) is 6.18 Å². The predicted octanol–water partition coefficient (Wildman–Crippen LogP) is 4.22. The van der Waals surface area contributed by atoms with E-state index in [2.05, 4.69) is 5.32 Å². The average Bonchev–Trinajstić information content (AvgIpc) is 2.46. The zero-order valence-electron chi connectivity index (χ0n) is 10.7. The maximum Gasteiger partial charge on any atom is 0.429 e. The number of rotatable bonds is 3. The van der Waals surface area contributed by atoms with Crippen LogP contribution in [0.3, 0.4) is 0 Å². The second-order valence-electron chi connectivity index (χ2n) is 4.36. The number of alkyl halides is 3. The van der Waals surface area contributed by atoms with Gasteiger partial charge in [0.15, 0.2) is 0 Å². The molecule has 0 aromatic heterocycles. The SMILES string of the molecule is N#C[C@@](Nc1ccc(F)cc1)(c1ccccc1)C(F)(F)F. The minimum Gasteiger partial charge on any atom is -0.356 e. The number of halogens is 4. The molecule has 0 fully saturated rings. The van der Waals surface area contributed by atoms with Crippen LogP contribution in [0.4, 0.5) is 23.2 Å². The lowest BCUT2D eigenvalue weighted by atomic mass is 9.90. The van der Waals surface area contributed by atoms with E-state index < -0.39 is 17.5 Å². The van der Waals surface area contributed by atoms with Gasteiger partial charge in [-0.2, -0.15) is 18.4 Å². The molecule has 6 heteroatoms. The Kier molecular flexibility index (Phi) is 3.85. The van der Waals surface area contributed by atoms with Crippen LogP contribution in [0.2, 0.25) is 0 Å². The van der Waals surface area contributed by atoms with E-state index in [4.69, 9.17) is 0 Å². The van der Waals surface area contributed by atoms with Gasteiger partial charge in [0, 0.05) is 11.3 Å². The Labute approximate surface area is 118 Å². The number of nitriles is 1. The van der Waals surface area contributed by atoms with Crippen LogP contribution in [0.5, 0.6) is 0 Å². The van der Waals surface area contributed by atoms with Crippen LogP contribution in [0.1, 0.15) is 5.56 Å². The summed E-state index contributed by atoms with van der Waals surface area (Å²) in [7, 11) is 0. The van der Waals surface area contributed by atoms with Crippen molar-refractivity contribution in [3.8, 4) is 6.07 Å². The predicted molar refractivity (Wildman–Crippen MR) is 69.8 cm³/mol. The lowest BCUT2D eigenvalue weighted by Gasteiger charge is -2.31. The summed E-state index contributed by atoms with van der Waals surface area (Å²) < 4.78 is 53.2. The Hall–Kier alpha value is -2.55. The normalized spacial score (nSPS) is 14.0. The fourth-order valence-electron chi connectivity index (χ4n) is 1.90. The van der Waals surface area contributed by atoms with E-state index in [0.717, 1.165) is 24.3 Å². The molecule has 1 atom stereocenters. The van der Waals surface area contributed by atoms with Gasteiger partial charge in [0.05, 0.1) is 0 Å². The molecule has 108 valence electrons. The smallest absolute Gasteiger partial charge is 0.356 e. The van der Waals surface area contributed by atoms with Crippen LogP contribution in [-0.2, 0) is 5.54 Å². The maximum absolute atomic E-state index is 13.5. The Morgan fingerprint density at radius 1 is 0.905 bits per heavy atom. The van der Waals surface area contributed by atoms with E-state index in [-0.39, 0.29) is 11.3 Å². The summed E-state index contributed by atoms with van der Waals surface area (Å²) in [5.41, 5.74) is -3.13. The summed E-state index contributed by atoms with van der Waals surface area (Å²) in [4.78, 5) is 0. The summed E-state index contributed by atoms with van der Waals surface area (Å²) in [6, 6.07) is 12.5. The minimum absolute atomic E-state index is 0.000807. The molecule has 0 aliphatic heterocycles. The molecule has 0 aliphatic carbocycles. The van der Waals surface area contributed by atoms with Gasteiger partial charge < -0.3 is 5.32 Å². The van der Waals surface area contributed by atoms with Crippen molar-refractivity contribution in [2.45, 2.75) is 11.7 Å². The van der Waals surface area contributed by atoms with Crippen molar-refractivity contribution in [2.75, 3.05) is 5.32 Å². The Morgan fingerprint density at radius 3 is 1.95 bits per heavy atom. The monoisotopic (exact) mass is 294 g/mol. The zero-order valence-corrected chi connectivity index (χ0v) is 10.7. The number of anilines is 1. The fourth-order valence-corrected chi connectivity index (χ4v) is 1.90. The number of nitrogens with one attached hydrogen (secondary N) is 1.